The van der Waals surface area contributed by atoms with Crippen molar-refractivity contribution in [1.29, 1.82) is 0 Å². The lowest BCUT2D eigenvalue weighted by Gasteiger charge is -2.45. The molecule has 44 heavy (non-hydrogen) atoms. The predicted octanol–water partition coefficient (Wildman–Crippen LogP) is 5.70. The zero-order valence-corrected chi connectivity index (χ0v) is 28.1. The van der Waals surface area contributed by atoms with E-state index in [-0.39, 0.29) is 41.8 Å². The van der Waals surface area contributed by atoms with E-state index >= 15 is 5.21 Å². The third-order valence-electron chi connectivity index (χ3n) is 9.65. The summed E-state index contributed by atoms with van der Waals surface area (Å²) in [6.45, 7) is 16.0. The highest BCUT2D eigenvalue weighted by Gasteiger charge is 2.78. The number of hydrogen-bond donors (Lipinski definition) is 0. The molecule has 0 aromatic heterocycles. The molecule has 2 aromatic rings. The molecule has 1 unspecified atom stereocenters. The Bertz CT molecular complexity index is 1470. The minimum Gasteiger partial charge on any atom is -0.627 e. The van der Waals surface area contributed by atoms with Gasteiger partial charge in [0.2, 0.25) is 0 Å². The van der Waals surface area contributed by atoms with Gasteiger partial charge in [0, 0.05) is 6.07 Å². The smallest absolute Gasteiger partial charge is 0.411 e. The summed E-state index contributed by atoms with van der Waals surface area (Å²) >= 11 is 0. The van der Waals surface area contributed by atoms with Gasteiger partial charge >= 0.3 is 12.1 Å². The van der Waals surface area contributed by atoms with E-state index in [0.29, 0.717) is 5.56 Å². The second-order valence-electron chi connectivity index (χ2n) is 14.7. The maximum absolute atomic E-state index is 15.1. The van der Waals surface area contributed by atoms with Crippen molar-refractivity contribution in [1.82, 2.24) is 9.55 Å². The number of ether oxygens (including phenoxy) is 3. The molecular weight excluding hydrogens is 580 g/mol. The van der Waals surface area contributed by atoms with Crippen LogP contribution >= 0.6 is 0 Å². The van der Waals surface area contributed by atoms with Crippen LogP contribution < -0.4 is 9.38 Å². The highest BCUT2D eigenvalue weighted by molar-refractivity contribution is 6.74. The number of piperazine rings is 1. The molecule has 3 aliphatic heterocycles. The van der Waals surface area contributed by atoms with Gasteiger partial charge in [-0.15, -0.1) is 0 Å². The fourth-order valence-corrected chi connectivity index (χ4v) is 7.46. The summed E-state index contributed by atoms with van der Waals surface area (Å²) in [4.78, 5) is 41.3. The SMILES string of the molecule is COC(=O)c1cc(OCc2ccccc2)c2c(c1)[N+]1([O-])C[C@H]3[C@@H]([C@@H]1[C@@]2(C=O)CO[Si](C)(C)C(C)(C)C)N3C(=O)OC(C)(C)C. The molecule has 5 rings (SSSR count). The molecule has 1 amide bonds. The third kappa shape index (κ3) is 5.23. The summed E-state index contributed by atoms with van der Waals surface area (Å²) in [6, 6.07) is 10.7. The summed E-state index contributed by atoms with van der Waals surface area (Å²) in [7, 11) is -1.14. The first-order valence-electron chi connectivity index (χ1n) is 15.0. The first-order valence-corrected chi connectivity index (χ1v) is 18.0. The quantitative estimate of drug-likeness (QED) is 0.0918. The van der Waals surface area contributed by atoms with E-state index in [2.05, 4.69) is 33.9 Å². The van der Waals surface area contributed by atoms with Gasteiger partial charge in [-0.05, 0) is 50.5 Å². The zero-order valence-electron chi connectivity index (χ0n) is 27.1. The van der Waals surface area contributed by atoms with E-state index in [1.165, 1.54) is 13.2 Å². The molecule has 3 heterocycles. The van der Waals surface area contributed by atoms with E-state index in [1.807, 2.05) is 30.3 Å². The molecule has 0 aliphatic carbocycles. The Morgan fingerprint density at radius 2 is 1.77 bits per heavy atom. The van der Waals surface area contributed by atoms with Crippen LogP contribution in [0.25, 0.3) is 0 Å². The largest absolute Gasteiger partial charge is 0.627 e. The second-order valence-corrected chi connectivity index (χ2v) is 19.5. The van der Waals surface area contributed by atoms with Crippen LogP contribution in [-0.4, -0.2) is 75.6 Å². The van der Waals surface area contributed by atoms with Gasteiger partial charge in [-0.25, -0.2) is 9.59 Å². The predicted molar refractivity (Wildman–Crippen MR) is 169 cm³/mol. The van der Waals surface area contributed by atoms with E-state index in [1.54, 1.807) is 31.7 Å². The van der Waals surface area contributed by atoms with Crippen LogP contribution in [0.15, 0.2) is 42.5 Å². The Balaban J connectivity index is 1.66. The van der Waals surface area contributed by atoms with Gasteiger partial charge in [-0.1, -0.05) is 51.1 Å². The van der Waals surface area contributed by atoms with Crippen LogP contribution in [0.3, 0.4) is 0 Å². The lowest BCUT2D eigenvalue weighted by Crippen LogP contribution is -2.60. The molecule has 0 spiro atoms. The number of carbonyl (C=O) groups is 3. The number of amides is 1. The summed E-state index contributed by atoms with van der Waals surface area (Å²) in [5, 5.41) is 15.0. The molecule has 5 atom stereocenters. The molecule has 10 nitrogen and oxygen atoms in total. The molecule has 2 saturated heterocycles. The fourth-order valence-electron chi connectivity index (χ4n) is 6.43. The van der Waals surface area contributed by atoms with Gasteiger partial charge in [0.15, 0.2) is 8.32 Å². The second kappa shape index (κ2) is 10.7. The summed E-state index contributed by atoms with van der Waals surface area (Å²) in [5.74, 6) is -0.372. The molecule has 0 bridgehead atoms. The lowest BCUT2D eigenvalue weighted by atomic mass is 9.76. The first kappa shape index (κ1) is 32.1. The van der Waals surface area contributed by atoms with Gasteiger partial charge in [0.1, 0.15) is 60.0 Å². The number of quaternary nitrogens is 1. The topological polar surface area (TPSA) is 114 Å². The number of aldehydes is 1. The Hall–Kier alpha value is -3.25. The number of hydroxylamine groups is 2. The van der Waals surface area contributed by atoms with E-state index in [0.717, 1.165) is 11.8 Å². The maximum atomic E-state index is 15.1. The highest BCUT2D eigenvalue weighted by atomic mass is 28.4. The van der Waals surface area contributed by atoms with Crippen LogP contribution in [0.2, 0.25) is 18.1 Å². The summed E-state index contributed by atoms with van der Waals surface area (Å²) in [6.07, 6.45) is 0.290. The summed E-state index contributed by atoms with van der Waals surface area (Å²) in [5.41, 5.74) is -0.479. The Labute approximate surface area is 260 Å². The van der Waals surface area contributed by atoms with Crippen LogP contribution in [0.4, 0.5) is 10.5 Å². The van der Waals surface area contributed by atoms with Crippen molar-refractivity contribution < 1.29 is 33.0 Å². The number of nitrogens with zero attached hydrogens (tertiary/aromatic N) is 2. The molecule has 238 valence electrons. The normalized spacial score (nSPS) is 27.2. The number of fused-ring (bicyclic) bond motifs is 5. The standard InChI is InChI=1S/C33H44N2O8Si/c1-31(2,3)43-30(38)34-23-17-35(39)24-15-22(29(37)40-7)16-25(41-18-21-13-11-10-12-14-21)26(24)33(19-36,28(35)27(23)34)20-42-44(8,9)32(4,5)6/h10-16,19,23,27-28H,17-18,20H2,1-9H3/t23-,27-,28+,33-,34?,35?/m0/s1. The van der Waals surface area contributed by atoms with Crippen molar-refractivity contribution >= 4 is 32.4 Å². The number of carbonyl (C=O) groups excluding carboxylic acids is 3. The number of esters is 1. The van der Waals surface area contributed by atoms with Crippen molar-refractivity contribution in [3.63, 3.8) is 0 Å². The van der Waals surface area contributed by atoms with Crippen LogP contribution in [0.1, 0.15) is 63.0 Å². The molecule has 0 N–H and O–H groups in total. The molecule has 3 aliphatic rings. The Morgan fingerprint density at radius 3 is 2.34 bits per heavy atom. The van der Waals surface area contributed by atoms with Gasteiger partial charge < -0.3 is 33.3 Å². The van der Waals surface area contributed by atoms with Crippen LogP contribution in [0.5, 0.6) is 5.75 Å². The number of methoxy groups -OCH3 is 1. The van der Waals surface area contributed by atoms with Gasteiger partial charge in [0.05, 0.1) is 24.8 Å². The molecular formula is C33H44N2O8Si. The summed E-state index contributed by atoms with van der Waals surface area (Å²) < 4.78 is 22.9. The number of hydrogen-bond acceptors (Lipinski definition) is 8. The van der Waals surface area contributed by atoms with Crippen LogP contribution in [0, 0.1) is 5.21 Å². The van der Waals surface area contributed by atoms with E-state index < -0.39 is 54.2 Å². The first-order chi connectivity index (χ1) is 20.4. The molecule has 2 aromatic carbocycles. The number of benzene rings is 2. The molecule has 11 heteroatoms. The van der Waals surface area contributed by atoms with Crippen molar-refractivity contribution in [3.8, 4) is 5.75 Å². The van der Waals surface area contributed by atoms with E-state index in [4.69, 9.17) is 18.6 Å². The fraction of sp³-hybridized carbons (Fsp3) is 0.545. The van der Waals surface area contributed by atoms with Gasteiger partial charge in [-0.2, -0.15) is 0 Å². The minimum absolute atomic E-state index is 0.0139. The van der Waals surface area contributed by atoms with E-state index in [9.17, 15) is 14.4 Å². The zero-order chi connectivity index (χ0) is 32.5. The van der Waals surface area contributed by atoms with Crippen molar-refractivity contribution in [3.05, 3.63) is 64.4 Å². The number of rotatable bonds is 8. The molecule has 2 fully saturated rings. The minimum atomic E-state index is -2.42. The third-order valence-corrected chi connectivity index (χ3v) is 14.1. The van der Waals surface area contributed by atoms with Gasteiger partial charge in [0.25, 0.3) is 0 Å². The van der Waals surface area contributed by atoms with Crippen molar-refractivity contribution in [2.45, 2.75) is 95.4 Å². The van der Waals surface area contributed by atoms with Crippen molar-refractivity contribution in [2.75, 3.05) is 20.3 Å². The molecule has 0 radical (unpaired) electrons. The van der Waals surface area contributed by atoms with Crippen LogP contribution in [-0.2, 0) is 30.7 Å². The average molecular weight is 625 g/mol. The molecule has 0 saturated carbocycles. The van der Waals surface area contributed by atoms with Gasteiger partial charge in [-0.3, -0.25) is 4.90 Å². The average Bonchev–Trinajstić information content (AvgIpc) is 3.46. The Kier molecular flexibility index (Phi) is 7.80. The van der Waals surface area contributed by atoms with Crippen molar-refractivity contribution in [2.24, 2.45) is 0 Å². The maximum Gasteiger partial charge on any atom is 0.411 e. The highest BCUT2D eigenvalue weighted by Crippen LogP contribution is 2.62. The monoisotopic (exact) mass is 624 g/mol. The lowest BCUT2D eigenvalue weighted by molar-refractivity contribution is -0.115. The Morgan fingerprint density at radius 1 is 1.11 bits per heavy atom.